The molecule has 1 aromatic rings. The van der Waals surface area contributed by atoms with Crippen LogP contribution < -0.4 is 20.7 Å². The van der Waals surface area contributed by atoms with Gasteiger partial charge in [-0.05, 0) is 18.2 Å². The van der Waals surface area contributed by atoms with Gasteiger partial charge in [0.15, 0.2) is 11.5 Å². The minimum atomic E-state index is 0.575. The third kappa shape index (κ3) is 1.87. The first-order valence-electron chi connectivity index (χ1n) is 4.68. The van der Waals surface area contributed by atoms with Gasteiger partial charge in [0.25, 0.3) is 0 Å². The van der Waals surface area contributed by atoms with E-state index in [9.17, 15) is 0 Å². The second-order valence-corrected chi connectivity index (χ2v) is 3.07. The molecular formula is C10H13N3O2. The van der Waals surface area contributed by atoms with Crippen LogP contribution in [0.4, 0.5) is 0 Å². The average molecular weight is 207 g/mol. The summed E-state index contributed by atoms with van der Waals surface area (Å²) < 4.78 is 10.9. The first kappa shape index (κ1) is 9.79. The number of nitrogens with two attached hydrogens (primary N) is 1. The fraction of sp³-hybridized carbons (Fsp3) is 0.300. The highest BCUT2D eigenvalue weighted by molar-refractivity contribution is 5.98. The normalized spacial score (nSPS) is 14.9. The van der Waals surface area contributed by atoms with Gasteiger partial charge >= 0.3 is 0 Å². The number of fused-ring (bicyclic) bond motifs is 1. The molecule has 3 N–H and O–H groups in total. The number of benzene rings is 1. The molecule has 0 unspecified atom stereocenters. The van der Waals surface area contributed by atoms with E-state index in [1.54, 1.807) is 7.05 Å². The summed E-state index contributed by atoms with van der Waals surface area (Å²) in [6.45, 7) is 1.17. The Morgan fingerprint density at radius 3 is 2.73 bits per heavy atom. The van der Waals surface area contributed by atoms with Crippen LogP contribution in [0.5, 0.6) is 11.5 Å². The molecule has 1 aliphatic rings. The van der Waals surface area contributed by atoms with Crippen molar-refractivity contribution in [2.75, 3.05) is 20.3 Å². The van der Waals surface area contributed by atoms with Crippen molar-refractivity contribution in [2.24, 2.45) is 10.8 Å². The number of nitrogens with one attached hydrogen (secondary N) is 1. The van der Waals surface area contributed by atoms with Crippen molar-refractivity contribution in [3.63, 3.8) is 0 Å². The minimum absolute atomic E-state index is 0.575. The molecule has 0 spiro atoms. The minimum Gasteiger partial charge on any atom is -0.486 e. The van der Waals surface area contributed by atoms with Crippen molar-refractivity contribution < 1.29 is 9.47 Å². The van der Waals surface area contributed by atoms with E-state index in [2.05, 4.69) is 10.4 Å². The Balaban J connectivity index is 2.35. The van der Waals surface area contributed by atoms with Crippen LogP contribution in [0.15, 0.2) is 23.2 Å². The van der Waals surface area contributed by atoms with Gasteiger partial charge in [0.05, 0.1) is 0 Å². The molecule has 0 aromatic heterocycles. The molecule has 1 aliphatic heterocycles. The molecule has 0 radical (unpaired) electrons. The molecule has 2 rings (SSSR count). The molecule has 0 atom stereocenters. The van der Waals surface area contributed by atoms with E-state index < -0.39 is 0 Å². The summed E-state index contributed by atoms with van der Waals surface area (Å²) in [5.74, 6) is 7.45. The summed E-state index contributed by atoms with van der Waals surface area (Å²) in [5.41, 5.74) is 3.41. The molecule has 1 aromatic carbocycles. The predicted octanol–water partition coefficient (Wildman–Crippen LogP) is 0.297. The molecule has 0 aliphatic carbocycles. The van der Waals surface area contributed by atoms with Crippen LogP contribution in [0.2, 0.25) is 0 Å². The van der Waals surface area contributed by atoms with Crippen molar-refractivity contribution in [2.45, 2.75) is 0 Å². The van der Waals surface area contributed by atoms with E-state index in [1.807, 2.05) is 18.2 Å². The molecule has 5 heteroatoms. The van der Waals surface area contributed by atoms with Crippen LogP contribution in [-0.4, -0.2) is 26.1 Å². The summed E-state index contributed by atoms with van der Waals surface area (Å²) in [7, 11) is 1.67. The van der Waals surface area contributed by atoms with Gasteiger partial charge in [-0.1, -0.05) is 0 Å². The molecule has 0 amide bonds. The maximum atomic E-state index is 5.45. The molecule has 0 saturated heterocycles. The first-order valence-corrected chi connectivity index (χ1v) is 4.68. The smallest absolute Gasteiger partial charge is 0.162 e. The lowest BCUT2D eigenvalue weighted by Gasteiger charge is -2.19. The molecule has 0 saturated carbocycles. The number of hydrogen-bond donors (Lipinski definition) is 2. The van der Waals surface area contributed by atoms with E-state index in [4.69, 9.17) is 15.3 Å². The highest BCUT2D eigenvalue weighted by atomic mass is 16.6. The Kier molecular flexibility index (Phi) is 2.73. The Labute approximate surface area is 87.9 Å². The standard InChI is InChI=1S/C10H13N3O2/c1-12-10(13-11)7-2-3-8-9(6-7)15-5-4-14-8/h2-3,6H,4-5,11H2,1H3,(H,12,13). The highest BCUT2D eigenvalue weighted by Crippen LogP contribution is 2.30. The van der Waals surface area contributed by atoms with Gasteiger partial charge in [-0.2, -0.15) is 0 Å². The van der Waals surface area contributed by atoms with Gasteiger partial charge in [-0.15, -0.1) is 0 Å². The zero-order valence-electron chi connectivity index (χ0n) is 8.49. The van der Waals surface area contributed by atoms with Crippen LogP contribution in [0.1, 0.15) is 5.56 Å². The number of nitrogens with zero attached hydrogens (tertiary/aromatic N) is 1. The van der Waals surface area contributed by atoms with E-state index in [0.29, 0.717) is 19.0 Å². The molecule has 5 nitrogen and oxygen atoms in total. The lowest BCUT2D eigenvalue weighted by molar-refractivity contribution is 0.171. The number of aliphatic imine (C=N–C) groups is 1. The molecule has 15 heavy (non-hydrogen) atoms. The van der Waals surface area contributed by atoms with Gasteiger partial charge in [-0.25, -0.2) is 5.84 Å². The van der Waals surface area contributed by atoms with E-state index in [-0.39, 0.29) is 0 Å². The molecular weight excluding hydrogens is 194 g/mol. The second-order valence-electron chi connectivity index (χ2n) is 3.07. The number of hydrogen-bond acceptors (Lipinski definition) is 4. The van der Waals surface area contributed by atoms with Gasteiger partial charge in [0.1, 0.15) is 19.0 Å². The SMILES string of the molecule is CN=C(NN)c1ccc2c(c1)OCCO2. The summed E-state index contributed by atoms with van der Waals surface area (Å²) in [6, 6.07) is 5.60. The number of ether oxygens (including phenoxy) is 2. The van der Waals surface area contributed by atoms with Crippen LogP contribution >= 0.6 is 0 Å². The van der Waals surface area contributed by atoms with Crippen molar-refractivity contribution in [1.29, 1.82) is 0 Å². The molecule has 0 fully saturated rings. The number of amidine groups is 1. The molecule has 80 valence electrons. The lowest BCUT2D eigenvalue weighted by Crippen LogP contribution is -2.31. The van der Waals surface area contributed by atoms with E-state index >= 15 is 0 Å². The summed E-state index contributed by atoms with van der Waals surface area (Å²) >= 11 is 0. The van der Waals surface area contributed by atoms with Crippen LogP contribution in [0.25, 0.3) is 0 Å². The zero-order valence-corrected chi connectivity index (χ0v) is 8.49. The number of hydrazine groups is 1. The predicted molar refractivity (Wildman–Crippen MR) is 57.2 cm³/mol. The largest absolute Gasteiger partial charge is 0.486 e. The Bertz CT molecular complexity index is 390. The Hall–Kier alpha value is -1.75. The summed E-state index contributed by atoms with van der Waals surface area (Å²) in [5, 5.41) is 0. The van der Waals surface area contributed by atoms with Crippen LogP contribution in [0.3, 0.4) is 0 Å². The van der Waals surface area contributed by atoms with Gasteiger partial charge in [0, 0.05) is 12.6 Å². The quantitative estimate of drug-likeness (QED) is 0.301. The van der Waals surface area contributed by atoms with Crippen LogP contribution in [0, 0.1) is 0 Å². The Morgan fingerprint density at radius 2 is 2.07 bits per heavy atom. The average Bonchev–Trinajstić information content (AvgIpc) is 2.30. The third-order valence-electron chi connectivity index (χ3n) is 2.18. The maximum absolute atomic E-state index is 5.45. The maximum Gasteiger partial charge on any atom is 0.162 e. The van der Waals surface area contributed by atoms with Gasteiger partial charge in [-0.3, -0.25) is 4.99 Å². The first-order chi connectivity index (χ1) is 7.35. The topological polar surface area (TPSA) is 68.9 Å². The van der Waals surface area contributed by atoms with E-state index in [0.717, 1.165) is 17.1 Å². The fourth-order valence-electron chi connectivity index (χ4n) is 1.47. The molecule has 1 heterocycles. The fourth-order valence-corrected chi connectivity index (χ4v) is 1.47. The van der Waals surface area contributed by atoms with Crippen molar-refractivity contribution in [3.8, 4) is 11.5 Å². The van der Waals surface area contributed by atoms with E-state index in [1.165, 1.54) is 0 Å². The monoisotopic (exact) mass is 207 g/mol. The summed E-state index contributed by atoms with van der Waals surface area (Å²) in [4.78, 5) is 4.01. The van der Waals surface area contributed by atoms with Crippen LogP contribution in [-0.2, 0) is 0 Å². The van der Waals surface area contributed by atoms with Crippen molar-refractivity contribution in [3.05, 3.63) is 23.8 Å². The van der Waals surface area contributed by atoms with Gasteiger partial charge in [0.2, 0.25) is 0 Å². The van der Waals surface area contributed by atoms with Crippen molar-refractivity contribution >= 4 is 5.84 Å². The van der Waals surface area contributed by atoms with Gasteiger partial charge < -0.3 is 14.9 Å². The zero-order chi connectivity index (χ0) is 10.7. The third-order valence-corrected chi connectivity index (χ3v) is 2.18. The molecule has 0 bridgehead atoms. The lowest BCUT2D eigenvalue weighted by atomic mass is 10.2. The number of rotatable bonds is 1. The second kappa shape index (κ2) is 4.18. The summed E-state index contributed by atoms with van der Waals surface area (Å²) in [6.07, 6.45) is 0. The van der Waals surface area contributed by atoms with Crippen molar-refractivity contribution in [1.82, 2.24) is 5.43 Å². The Morgan fingerprint density at radius 1 is 1.33 bits per heavy atom. The highest BCUT2D eigenvalue weighted by Gasteiger charge is 2.13.